The van der Waals surface area contributed by atoms with E-state index in [1.165, 1.54) is 0 Å². The van der Waals surface area contributed by atoms with Gasteiger partial charge in [0.1, 0.15) is 0 Å². The lowest BCUT2D eigenvalue weighted by Gasteiger charge is -2.25. The highest BCUT2D eigenvalue weighted by atomic mass is 16.5. The molecule has 1 heterocycles. The second kappa shape index (κ2) is 5.78. The summed E-state index contributed by atoms with van der Waals surface area (Å²) in [4.78, 5) is 15.9. The molecule has 0 spiro atoms. The van der Waals surface area contributed by atoms with Crippen molar-refractivity contribution in [3.05, 3.63) is 36.2 Å². The molecule has 1 aliphatic rings. The summed E-state index contributed by atoms with van der Waals surface area (Å²) in [7, 11) is 0. The number of aliphatic hydroxyl groups is 1. The summed E-state index contributed by atoms with van der Waals surface area (Å²) < 4.78 is 5.09. The van der Waals surface area contributed by atoms with E-state index in [1.54, 1.807) is 25.4 Å². The average molecular weight is 247 g/mol. The van der Waals surface area contributed by atoms with Crippen molar-refractivity contribution < 1.29 is 14.6 Å². The number of carbonyl (C=O) groups excluding carboxylic acids is 1. The molecule has 0 fully saturated rings. The first-order valence-electron chi connectivity index (χ1n) is 6.19. The Labute approximate surface area is 106 Å². The molecule has 1 aromatic rings. The summed E-state index contributed by atoms with van der Waals surface area (Å²) in [6, 6.07) is 3.69. The van der Waals surface area contributed by atoms with E-state index in [1.807, 2.05) is 12.1 Å². The van der Waals surface area contributed by atoms with Gasteiger partial charge in [-0.15, -0.1) is 0 Å². The SMILES string of the molecule is CCOC(=O)C1CCC(O)C=C1c1ccncc1. The van der Waals surface area contributed by atoms with Gasteiger partial charge in [-0.05, 0) is 43.0 Å². The largest absolute Gasteiger partial charge is 0.466 e. The average Bonchev–Trinajstić information content (AvgIpc) is 2.40. The van der Waals surface area contributed by atoms with Gasteiger partial charge >= 0.3 is 5.97 Å². The van der Waals surface area contributed by atoms with Crippen molar-refractivity contribution in [2.75, 3.05) is 6.61 Å². The number of esters is 1. The van der Waals surface area contributed by atoms with Crippen molar-refractivity contribution in [3.8, 4) is 0 Å². The maximum atomic E-state index is 11.9. The first-order valence-corrected chi connectivity index (χ1v) is 6.19. The highest BCUT2D eigenvalue weighted by Crippen LogP contribution is 2.33. The molecule has 2 unspecified atom stereocenters. The Kier molecular flexibility index (Phi) is 4.10. The molecule has 0 bridgehead atoms. The second-order valence-electron chi connectivity index (χ2n) is 4.31. The van der Waals surface area contributed by atoms with Gasteiger partial charge in [-0.3, -0.25) is 9.78 Å². The number of hydrogen-bond acceptors (Lipinski definition) is 4. The predicted octanol–water partition coefficient (Wildman–Crippen LogP) is 1.80. The number of nitrogens with zero attached hydrogens (tertiary/aromatic N) is 1. The van der Waals surface area contributed by atoms with Crippen molar-refractivity contribution in [2.24, 2.45) is 5.92 Å². The lowest BCUT2D eigenvalue weighted by atomic mass is 9.83. The lowest BCUT2D eigenvalue weighted by Crippen LogP contribution is -2.25. The number of aromatic nitrogens is 1. The number of rotatable bonds is 3. The fraction of sp³-hybridized carbons (Fsp3) is 0.429. The fourth-order valence-corrected chi connectivity index (χ4v) is 2.23. The van der Waals surface area contributed by atoms with Crippen LogP contribution in [0, 0.1) is 5.92 Å². The first kappa shape index (κ1) is 12.8. The normalized spacial score (nSPS) is 23.3. The minimum absolute atomic E-state index is 0.215. The number of aliphatic hydroxyl groups excluding tert-OH is 1. The Morgan fingerprint density at radius 1 is 1.44 bits per heavy atom. The number of ether oxygens (including phenoxy) is 1. The lowest BCUT2D eigenvalue weighted by molar-refractivity contribution is -0.146. The van der Waals surface area contributed by atoms with E-state index in [0.29, 0.717) is 19.4 Å². The molecule has 0 saturated heterocycles. The molecule has 4 nitrogen and oxygen atoms in total. The Balaban J connectivity index is 2.30. The van der Waals surface area contributed by atoms with Crippen LogP contribution in [0.5, 0.6) is 0 Å². The van der Waals surface area contributed by atoms with Gasteiger partial charge in [0, 0.05) is 12.4 Å². The Morgan fingerprint density at radius 2 is 2.17 bits per heavy atom. The second-order valence-corrected chi connectivity index (χ2v) is 4.31. The minimum atomic E-state index is -0.487. The summed E-state index contributed by atoms with van der Waals surface area (Å²) in [6.45, 7) is 2.17. The van der Waals surface area contributed by atoms with Gasteiger partial charge in [-0.2, -0.15) is 0 Å². The van der Waals surface area contributed by atoms with Gasteiger partial charge in [0.15, 0.2) is 0 Å². The van der Waals surface area contributed by atoms with E-state index < -0.39 is 6.10 Å². The van der Waals surface area contributed by atoms with E-state index in [-0.39, 0.29) is 11.9 Å². The van der Waals surface area contributed by atoms with E-state index in [4.69, 9.17) is 4.74 Å². The van der Waals surface area contributed by atoms with Crippen molar-refractivity contribution in [1.82, 2.24) is 4.98 Å². The topological polar surface area (TPSA) is 59.4 Å². The van der Waals surface area contributed by atoms with Crippen LogP contribution >= 0.6 is 0 Å². The molecule has 2 atom stereocenters. The van der Waals surface area contributed by atoms with Crippen molar-refractivity contribution in [3.63, 3.8) is 0 Å². The van der Waals surface area contributed by atoms with Crippen LogP contribution in [0.25, 0.3) is 5.57 Å². The zero-order valence-corrected chi connectivity index (χ0v) is 10.4. The molecular weight excluding hydrogens is 230 g/mol. The zero-order chi connectivity index (χ0) is 13.0. The minimum Gasteiger partial charge on any atom is -0.466 e. The number of pyridine rings is 1. The monoisotopic (exact) mass is 247 g/mol. The van der Waals surface area contributed by atoms with Crippen molar-refractivity contribution >= 4 is 11.5 Å². The summed E-state index contributed by atoms with van der Waals surface area (Å²) in [6.07, 6.45) is 5.84. The Bertz CT molecular complexity index is 442. The standard InChI is InChI=1S/C14H17NO3/c1-2-18-14(17)12-4-3-11(16)9-13(12)10-5-7-15-8-6-10/h5-9,11-12,16H,2-4H2,1H3. The van der Waals surface area contributed by atoms with E-state index in [0.717, 1.165) is 11.1 Å². The zero-order valence-electron chi connectivity index (χ0n) is 10.4. The molecule has 18 heavy (non-hydrogen) atoms. The predicted molar refractivity (Wildman–Crippen MR) is 67.6 cm³/mol. The van der Waals surface area contributed by atoms with Crippen LogP contribution in [0.4, 0.5) is 0 Å². The molecule has 1 N–H and O–H groups in total. The molecule has 0 saturated carbocycles. The molecule has 0 amide bonds. The van der Waals surface area contributed by atoms with Crippen molar-refractivity contribution in [1.29, 1.82) is 0 Å². The third-order valence-corrected chi connectivity index (χ3v) is 3.08. The van der Waals surface area contributed by atoms with Crippen LogP contribution in [0.1, 0.15) is 25.3 Å². The summed E-state index contributed by atoms with van der Waals surface area (Å²) in [5.41, 5.74) is 1.76. The smallest absolute Gasteiger partial charge is 0.313 e. The van der Waals surface area contributed by atoms with Crippen LogP contribution in [-0.4, -0.2) is 28.8 Å². The maximum absolute atomic E-state index is 11.9. The van der Waals surface area contributed by atoms with Gasteiger partial charge in [0.05, 0.1) is 18.6 Å². The van der Waals surface area contributed by atoms with Crippen LogP contribution in [-0.2, 0) is 9.53 Å². The number of hydrogen-bond donors (Lipinski definition) is 1. The molecule has 96 valence electrons. The van der Waals surface area contributed by atoms with Crippen LogP contribution < -0.4 is 0 Å². The van der Waals surface area contributed by atoms with E-state index in [2.05, 4.69) is 4.98 Å². The Hall–Kier alpha value is -1.68. The van der Waals surface area contributed by atoms with Crippen molar-refractivity contribution in [2.45, 2.75) is 25.9 Å². The molecule has 2 rings (SSSR count). The summed E-state index contributed by atoms with van der Waals surface area (Å²) in [5, 5.41) is 9.73. The fourth-order valence-electron chi connectivity index (χ4n) is 2.23. The van der Waals surface area contributed by atoms with Crippen LogP contribution in [0.3, 0.4) is 0 Å². The molecule has 0 aliphatic heterocycles. The van der Waals surface area contributed by atoms with Crippen LogP contribution in [0.2, 0.25) is 0 Å². The van der Waals surface area contributed by atoms with E-state index in [9.17, 15) is 9.90 Å². The Morgan fingerprint density at radius 3 is 2.83 bits per heavy atom. The highest BCUT2D eigenvalue weighted by Gasteiger charge is 2.29. The van der Waals surface area contributed by atoms with Gasteiger partial charge in [0.25, 0.3) is 0 Å². The first-order chi connectivity index (χ1) is 8.72. The summed E-state index contributed by atoms with van der Waals surface area (Å²) >= 11 is 0. The van der Waals surface area contributed by atoms with Gasteiger partial charge in [0.2, 0.25) is 0 Å². The molecule has 0 radical (unpaired) electrons. The molecule has 4 heteroatoms. The molecular formula is C14H17NO3. The van der Waals surface area contributed by atoms with Crippen LogP contribution in [0.15, 0.2) is 30.6 Å². The molecule has 1 aromatic heterocycles. The highest BCUT2D eigenvalue weighted by molar-refractivity contribution is 5.89. The quantitative estimate of drug-likeness (QED) is 0.827. The third-order valence-electron chi connectivity index (χ3n) is 3.08. The van der Waals surface area contributed by atoms with Gasteiger partial charge in [-0.25, -0.2) is 0 Å². The third kappa shape index (κ3) is 2.76. The molecule has 1 aliphatic carbocycles. The van der Waals surface area contributed by atoms with E-state index >= 15 is 0 Å². The summed E-state index contributed by atoms with van der Waals surface area (Å²) in [5.74, 6) is -0.497. The van der Waals surface area contributed by atoms with Gasteiger partial charge < -0.3 is 9.84 Å². The van der Waals surface area contributed by atoms with Gasteiger partial charge in [-0.1, -0.05) is 6.08 Å². The number of carbonyl (C=O) groups is 1. The molecule has 0 aromatic carbocycles. The maximum Gasteiger partial charge on any atom is 0.313 e.